The van der Waals surface area contributed by atoms with Gasteiger partial charge in [0, 0.05) is 84.8 Å². The summed E-state index contributed by atoms with van der Waals surface area (Å²) in [6.07, 6.45) is 3.54. The van der Waals surface area contributed by atoms with Gasteiger partial charge in [0.25, 0.3) is 0 Å². The third-order valence-corrected chi connectivity index (χ3v) is 10.4. The molecule has 0 radical (unpaired) electrons. The molecule has 0 spiro atoms. The predicted octanol–water partition coefficient (Wildman–Crippen LogP) is 7.66. The van der Waals surface area contributed by atoms with E-state index in [9.17, 15) is 14.4 Å². The van der Waals surface area contributed by atoms with Crippen molar-refractivity contribution >= 4 is 40.9 Å². The zero-order chi connectivity index (χ0) is 40.9. The van der Waals surface area contributed by atoms with Gasteiger partial charge in [-0.1, -0.05) is 35.9 Å². The molecule has 0 aliphatic carbocycles. The lowest BCUT2D eigenvalue weighted by Gasteiger charge is -2.29. The Labute approximate surface area is 337 Å². The molecule has 3 aromatic carbocycles. The van der Waals surface area contributed by atoms with Gasteiger partial charge in [0.1, 0.15) is 22.9 Å². The minimum absolute atomic E-state index is 0.0330. The number of hydrogen-bond acceptors (Lipinski definition) is 9. The highest BCUT2D eigenvalue weighted by molar-refractivity contribution is 6.35. The lowest BCUT2D eigenvalue weighted by Crippen LogP contribution is -2.43. The Morgan fingerprint density at radius 3 is 2.35 bits per heavy atom. The van der Waals surface area contributed by atoms with Gasteiger partial charge >= 0.3 is 6.09 Å². The van der Waals surface area contributed by atoms with Gasteiger partial charge in [-0.05, 0) is 75.9 Å². The molecule has 2 fully saturated rings. The van der Waals surface area contributed by atoms with E-state index in [4.69, 9.17) is 25.8 Å². The summed E-state index contributed by atoms with van der Waals surface area (Å²) in [5.74, 6) is 0.633. The van der Waals surface area contributed by atoms with Crippen LogP contribution < -0.4 is 30.7 Å². The van der Waals surface area contributed by atoms with Gasteiger partial charge in [0.15, 0.2) is 0 Å². The van der Waals surface area contributed by atoms with Crippen LogP contribution in [0.4, 0.5) is 20.6 Å². The fourth-order valence-electron chi connectivity index (χ4n) is 7.23. The largest absolute Gasteiger partial charge is 0.496 e. The van der Waals surface area contributed by atoms with Crippen molar-refractivity contribution in [1.82, 2.24) is 25.8 Å². The highest BCUT2D eigenvalue weighted by Gasteiger charge is 2.29. The first-order valence-electron chi connectivity index (χ1n) is 19.1. The van der Waals surface area contributed by atoms with E-state index in [1.54, 1.807) is 25.3 Å². The SMILES string of the molecule is COc1cc(-c2nccc(-c3cccc(Nc4cc(F)cc(CNC[C@@H]5CCC(=O)N5)c4OC)c3C)c2Cl)ccc1CN(C[C@@H]1CCC(=O)N1)C(=O)OC(C)(C)C. The van der Waals surface area contributed by atoms with E-state index < -0.39 is 17.5 Å². The second-order valence-corrected chi connectivity index (χ2v) is 15.8. The Bertz CT molecular complexity index is 2140. The molecule has 3 heterocycles. The molecule has 6 rings (SSSR count). The first-order valence-corrected chi connectivity index (χ1v) is 19.4. The van der Waals surface area contributed by atoms with Crippen molar-refractivity contribution in [2.24, 2.45) is 0 Å². The maximum absolute atomic E-state index is 15.0. The Hall–Kier alpha value is -5.40. The Morgan fingerprint density at radius 1 is 0.947 bits per heavy atom. The summed E-state index contributed by atoms with van der Waals surface area (Å²) in [4.78, 5) is 43.1. The minimum Gasteiger partial charge on any atom is -0.496 e. The van der Waals surface area contributed by atoms with Crippen LogP contribution >= 0.6 is 11.6 Å². The highest BCUT2D eigenvalue weighted by atomic mass is 35.5. The van der Waals surface area contributed by atoms with Crippen molar-refractivity contribution in [2.75, 3.05) is 32.6 Å². The van der Waals surface area contributed by atoms with Crippen LogP contribution in [0.5, 0.6) is 11.5 Å². The van der Waals surface area contributed by atoms with Crippen molar-refractivity contribution in [3.8, 4) is 33.9 Å². The number of nitrogens with one attached hydrogen (secondary N) is 4. The van der Waals surface area contributed by atoms with Crippen molar-refractivity contribution in [2.45, 2.75) is 84.2 Å². The van der Waals surface area contributed by atoms with Crippen LogP contribution in [0, 0.1) is 12.7 Å². The van der Waals surface area contributed by atoms with E-state index in [2.05, 4.69) is 26.3 Å². The van der Waals surface area contributed by atoms with E-state index in [1.807, 2.05) is 70.2 Å². The average Bonchev–Trinajstić information content (AvgIpc) is 3.78. The standard InChI is InChI=1S/C43H50ClFN6O6/c1-25-32(8-7-9-34(25)50-35-20-29(45)18-28(41(35)56-6)21-46-22-30-12-14-37(52)48-30)33-16-17-47-40(39(33)44)26-10-11-27(36(19-26)55-5)23-51(42(54)57-43(2,3)4)24-31-13-15-38(53)49-31/h7-11,16-20,30-31,46,50H,12-15,21-24H2,1-6H3,(H,48,52)(H,49,53)/t30-,31-/m0/s1. The molecule has 4 N–H and O–H groups in total. The Morgan fingerprint density at radius 2 is 1.68 bits per heavy atom. The number of ether oxygens (including phenoxy) is 3. The highest BCUT2D eigenvalue weighted by Crippen LogP contribution is 2.41. The normalized spacial score (nSPS) is 16.6. The van der Waals surface area contributed by atoms with Crippen molar-refractivity contribution < 1.29 is 33.0 Å². The summed E-state index contributed by atoms with van der Waals surface area (Å²) in [5, 5.41) is 13.0. The van der Waals surface area contributed by atoms with Crippen LogP contribution in [0.15, 0.2) is 60.8 Å². The number of rotatable bonds is 14. The van der Waals surface area contributed by atoms with Crippen LogP contribution in [0.25, 0.3) is 22.4 Å². The number of nitrogens with zero attached hydrogens (tertiary/aromatic N) is 2. The van der Waals surface area contributed by atoms with Crippen LogP contribution in [0.2, 0.25) is 5.02 Å². The predicted molar refractivity (Wildman–Crippen MR) is 218 cm³/mol. The fourth-order valence-corrected chi connectivity index (χ4v) is 7.55. The minimum atomic E-state index is -0.700. The van der Waals surface area contributed by atoms with E-state index >= 15 is 4.39 Å². The number of methoxy groups -OCH3 is 2. The second-order valence-electron chi connectivity index (χ2n) is 15.4. The Kier molecular flexibility index (Phi) is 12.9. The summed E-state index contributed by atoms with van der Waals surface area (Å²) in [5.41, 5.74) is 5.59. The van der Waals surface area contributed by atoms with Gasteiger partial charge in [0.2, 0.25) is 11.8 Å². The van der Waals surface area contributed by atoms with E-state index in [-0.39, 0.29) is 30.4 Å². The summed E-state index contributed by atoms with van der Waals surface area (Å²) in [6, 6.07) is 15.9. The molecule has 4 aromatic rings. The summed E-state index contributed by atoms with van der Waals surface area (Å²) in [7, 11) is 3.12. The lowest BCUT2D eigenvalue weighted by molar-refractivity contribution is -0.120. The smallest absolute Gasteiger partial charge is 0.410 e. The van der Waals surface area contributed by atoms with Gasteiger partial charge in [-0.15, -0.1) is 0 Å². The van der Waals surface area contributed by atoms with E-state index in [0.717, 1.165) is 34.4 Å². The van der Waals surface area contributed by atoms with Crippen molar-refractivity contribution in [1.29, 1.82) is 0 Å². The third-order valence-electron chi connectivity index (χ3n) is 10.0. The molecule has 0 bridgehead atoms. The quantitative estimate of drug-likeness (QED) is 0.101. The topological polar surface area (TPSA) is 143 Å². The van der Waals surface area contributed by atoms with Gasteiger partial charge in [0.05, 0.1) is 37.2 Å². The van der Waals surface area contributed by atoms with Gasteiger partial charge in [-0.2, -0.15) is 0 Å². The molecule has 14 heteroatoms. The number of halogens is 2. The molecule has 12 nitrogen and oxygen atoms in total. The molecule has 302 valence electrons. The molecule has 3 amide bonds. The first-order chi connectivity index (χ1) is 27.2. The number of aromatic nitrogens is 1. The van der Waals surface area contributed by atoms with Gasteiger partial charge < -0.3 is 40.4 Å². The van der Waals surface area contributed by atoms with Crippen molar-refractivity contribution in [3.05, 3.63) is 88.3 Å². The van der Waals surface area contributed by atoms with E-state index in [0.29, 0.717) is 77.9 Å². The third kappa shape index (κ3) is 10.1. The van der Waals surface area contributed by atoms with Gasteiger partial charge in [-0.25, -0.2) is 9.18 Å². The number of pyridine rings is 1. The maximum Gasteiger partial charge on any atom is 0.410 e. The number of carbonyl (C=O) groups is 3. The second kappa shape index (κ2) is 17.8. The summed E-state index contributed by atoms with van der Waals surface area (Å²) >= 11 is 7.16. The van der Waals surface area contributed by atoms with Gasteiger partial charge in [-0.3, -0.25) is 14.6 Å². The first kappa shape index (κ1) is 41.2. The maximum atomic E-state index is 15.0. The Balaban J connectivity index is 1.24. The molecular formula is C43H50ClFN6O6. The number of carbonyl (C=O) groups excluding carboxylic acids is 3. The van der Waals surface area contributed by atoms with Crippen LogP contribution in [0.1, 0.15) is 63.1 Å². The molecule has 2 aliphatic heterocycles. The van der Waals surface area contributed by atoms with E-state index in [1.165, 1.54) is 12.1 Å². The van der Waals surface area contributed by atoms with Crippen LogP contribution in [0.3, 0.4) is 0 Å². The molecule has 2 aliphatic rings. The molecule has 57 heavy (non-hydrogen) atoms. The van der Waals surface area contributed by atoms with Crippen LogP contribution in [-0.2, 0) is 27.4 Å². The molecule has 2 saturated heterocycles. The molecular weight excluding hydrogens is 751 g/mol. The summed E-state index contributed by atoms with van der Waals surface area (Å²) < 4.78 is 32.3. The lowest BCUT2D eigenvalue weighted by atomic mass is 9.97. The zero-order valence-electron chi connectivity index (χ0n) is 33.2. The zero-order valence-corrected chi connectivity index (χ0v) is 33.9. The monoisotopic (exact) mass is 800 g/mol. The molecule has 1 aromatic heterocycles. The number of amides is 3. The molecule has 2 atom stereocenters. The number of benzene rings is 3. The fraction of sp³-hybridized carbons (Fsp3) is 0.395. The molecule has 0 saturated carbocycles. The average molecular weight is 801 g/mol. The summed E-state index contributed by atoms with van der Waals surface area (Å²) in [6.45, 7) is 8.81. The van der Waals surface area contributed by atoms with Crippen LogP contribution in [-0.4, -0.2) is 72.8 Å². The number of hydrogen-bond donors (Lipinski definition) is 4. The number of anilines is 2. The molecule has 0 unspecified atom stereocenters. The van der Waals surface area contributed by atoms with Crippen molar-refractivity contribution in [3.63, 3.8) is 0 Å².